The van der Waals surface area contributed by atoms with Gasteiger partial charge in [-0.15, -0.1) is 0 Å². The van der Waals surface area contributed by atoms with Crippen LogP contribution in [0.4, 0.5) is 4.79 Å². The standard InChI is InChI=1S/C3H5NO.C3H6O3/c1-2-3(4)5;1-2-6-3(4)5/h2H,1H2,(H2,4,5);2H2,1H3,(H,4,5). The van der Waals surface area contributed by atoms with Crippen LogP contribution in [-0.4, -0.2) is 23.8 Å². The SMILES string of the molecule is C=CC(N)=O.CCOC(=O)O. The van der Waals surface area contributed by atoms with Crippen LogP contribution in [0, 0.1) is 0 Å². The molecule has 0 aliphatic rings. The Morgan fingerprint density at radius 2 is 2.09 bits per heavy atom. The third kappa shape index (κ3) is 29.4. The number of rotatable bonds is 2. The minimum atomic E-state index is -1.21. The average Bonchev–Trinajstić information content (AvgIpc) is 1.89. The van der Waals surface area contributed by atoms with Gasteiger partial charge in [0.1, 0.15) is 0 Å². The molecule has 0 unspecified atom stereocenters. The number of carboxylic acid groups (broad SMARTS) is 1. The molecule has 0 radical (unpaired) electrons. The van der Waals surface area contributed by atoms with Crippen molar-refractivity contribution in [2.24, 2.45) is 5.73 Å². The fourth-order valence-electron chi connectivity index (χ4n) is 0.123. The molecule has 0 saturated heterocycles. The van der Waals surface area contributed by atoms with Gasteiger partial charge in [0.25, 0.3) is 0 Å². The highest BCUT2D eigenvalue weighted by molar-refractivity contribution is 5.84. The van der Waals surface area contributed by atoms with Crippen molar-refractivity contribution in [3.63, 3.8) is 0 Å². The van der Waals surface area contributed by atoms with Gasteiger partial charge in [0.05, 0.1) is 6.61 Å². The number of carbonyl (C=O) groups is 2. The zero-order chi connectivity index (χ0) is 9.28. The molecule has 0 heterocycles. The van der Waals surface area contributed by atoms with E-state index < -0.39 is 12.1 Å². The maximum absolute atomic E-state index is 9.47. The number of ether oxygens (including phenoxy) is 1. The molecule has 0 saturated carbocycles. The van der Waals surface area contributed by atoms with Gasteiger partial charge in [-0.1, -0.05) is 6.58 Å². The minimum Gasteiger partial charge on any atom is -0.450 e. The maximum Gasteiger partial charge on any atom is 0.505 e. The minimum absolute atomic E-state index is 0.231. The van der Waals surface area contributed by atoms with E-state index in [-0.39, 0.29) is 6.61 Å². The molecule has 0 bridgehead atoms. The topological polar surface area (TPSA) is 89.6 Å². The largest absolute Gasteiger partial charge is 0.505 e. The summed E-state index contributed by atoms with van der Waals surface area (Å²) in [6, 6.07) is 0. The quantitative estimate of drug-likeness (QED) is 0.452. The van der Waals surface area contributed by atoms with Crippen LogP contribution >= 0.6 is 0 Å². The van der Waals surface area contributed by atoms with Crippen molar-refractivity contribution in [1.29, 1.82) is 0 Å². The zero-order valence-electron chi connectivity index (χ0n) is 6.24. The van der Waals surface area contributed by atoms with Gasteiger partial charge in [0, 0.05) is 0 Å². The Balaban J connectivity index is 0. The molecule has 0 aromatic heterocycles. The highest BCUT2D eigenvalue weighted by Gasteiger charge is 1.86. The first-order chi connectivity index (χ1) is 5.04. The molecule has 0 rings (SSSR count). The highest BCUT2D eigenvalue weighted by Crippen LogP contribution is 1.69. The lowest BCUT2D eigenvalue weighted by molar-refractivity contribution is -0.113. The molecule has 5 heteroatoms. The highest BCUT2D eigenvalue weighted by atomic mass is 16.7. The third-order valence-corrected chi connectivity index (χ3v) is 0.469. The normalized spacial score (nSPS) is 7.00. The Bertz CT molecular complexity index is 144. The van der Waals surface area contributed by atoms with Gasteiger partial charge in [-0.25, -0.2) is 4.79 Å². The monoisotopic (exact) mass is 161 g/mol. The molecule has 0 aromatic rings. The molecule has 0 spiro atoms. The fourth-order valence-corrected chi connectivity index (χ4v) is 0.123. The fraction of sp³-hybridized carbons (Fsp3) is 0.333. The van der Waals surface area contributed by atoms with Gasteiger partial charge >= 0.3 is 6.16 Å². The Kier molecular flexibility index (Phi) is 9.39. The van der Waals surface area contributed by atoms with Crippen molar-refractivity contribution in [3.05, 3.63) is 12.7 Å². The summed E-state index contributed by atoms with van der Waals surface area (Å²) in [4.78, 5) is 18.8. The summed E-state index contributed by atoms with van der Waals surface area (Å²) < 4.78 is 3.96. The van der Waals surface area contributed by atoms with Gasteiger partial charge in [-0.2, -0.15) is 0 Å². The molecule has 0 aliphatic heterocycles. The molecule has 64 valence electrons. The lowest BCUT2D eigenvalue weighted by atomic mass is 10.6. The summed E-state index contributed by atoms with van der Waals surface area (Å²) in [5.74, 6) is -0.481. The van der Waals surface area contributed by atoms with Crippen LogP contribution in [0.15, 0.2) is 12.7 Å². The van der Waals surface area contributed by atoms with E-state index in [1.165, 1.54) is 0 Å². The van der Waals surface area contributed by atoms with E-state index in [4.69, 9.17) is 5.11 Å². The second-order valence-corrected chi connectivity index (χ2v) is 1.31. The van der Waals surface area contributed by atoms with Crippen molar-refractivity contribution in [2.75, 3.05) is 6.61 Å². The van der Waals surface area contributed by atoms with Crippen LogP contribution in [0.3, 0.4) is 0 Å². The van der Waals surface area contributed by atoms with Crippen LogP contribution in [-0.2, 0) is 9.53 Å². The molecular formula is C6H11NO4. The molecule has 0 aromatic carbocycles. The van der Waals surface area contributed by atoms with Crippen LogP contribution in [0.2, 0.25) is 0 Å². The Morgan fingerprint density at radius 3 is 2.09 bits per heavy atom. The lowest BCUT2D eigenvalue weighted by Gasteiger charge is -1.87. The summed E-state index contributed by atoms with van der Waals surface area (Å²) in [6.07, 6.45) is -0.155. The van der Waals surface area contributed by atoms with E-state index in [1.54, 1.807) is 6.92 Å². The molecule has 11 heavy (non-hydrogen) atoms. The Morgan fingerprint density at radius 1 is 1.73 bits per heavy atom. The van der Waals surface area contributed by atoms with Gasteiger partial charge in [0.15, 0.2) is 0 Å². The van der Waals surface area contributed by atoms with Gasteiger partial charge in [-0.05, 0) is 13.0 Å². The van der Waals surface area contributed by atoms with E-state index in [2.05, 4.69) is 17.0 Å². The molecule has 0 aliphatic carbocycles. The number of carbonyl (C=O) groups excluding carboxylic acids is 1. The number of primary amides is 1. The molecule has 5 nitrogen and oxygen atoms in total. The second kappa shape index (κ2) is 8.48. The first-order valence-electron chi connectivity index (χ1n) is 2.82. The van der Waals surface area contributed by atoms with Crippen LogP contribution in [0.25, 0.3) is 0 Å². The number of hydrogen-bond donors (Lipinski definition) is 2. The Hall–Kier alpha value is -1.52. The number of nitrogens with two attached hydrogens (primary N) is 1. The van der Waals surface area contributed by atoms with Crippen molar-refractivity contribution in [3.8, 4) is 0 Å². The number of amides is 1. The van der Waals surface area contributed by atoms with Gasteiger partial charge < -0.3 is 15.6 Å². The van der Waals surface area contributed by atoms with Crippen LogP contribution in [0.1, 0.15) is 6.92 Å². The maximum atomic E-state index is 9.47. The molecule has 0 atom stereocenters. The first kappa shape index (κ1) is 12.2. The third-order valence-electron chi connectivity index (χ3n) is 0.469. The van der Waals surface area contributed by atoms with Crippen LogP contribution < -0.4 is 5.73 Å². The Labute approximate surface area is 64.5 Å². The van der Waals surface area contributed by atoms with Gasteiger partial charge in [-0.3, -0.25) is 4.79 Å². The van der Waals surface area contributed by atoms with Crippen molar-refractivity contribution in [1.82, 2.24) is 0 Å². The van der Waals surface area contributed by atoms with E-state index in [9.17, 15) is 9.59 Å². The summed E-state index contributed by atoms with van der Waals surface area (Å²) in [7, 11) is 0. The van der Waals surface area contributed by atoms with E-state index in [1.807, 2.05) is 0 Å². The van der Waals surface area contributed by atoms with E-state index in [0.717, 1.165) is 6.08 Å². The van der Waals surface area contributed by atoms with Crippen LogP contribution in [0.5, 0.6) is 0 Å². The van der Waals surface area contributed by atoms with Crippen molar-refractivity contribution >= 4 is 12.1 Å². The molecule has 1 amide bonds. The number of hydrogen-bond acceptors (Lipinski definition) is 3. The first-order valence-corrected chi connectivity index (χ1v) is 2.82. The lowest BCUT2D eigenvalue weighted by Crippen LogP contribution is -2.04. The second-order valence-electron chi connectivity index (χ2n) is 1.31. The van der Waals surface area contributed by atoms with E-state index in [0.29, 0.717) is 0 Å². The predicted octanol–water partition coefficient (Wildman–Crippen LogP) is 0.359. The van der Waals surface area contributed by atoms with Gasteiger partial charge in [0.2, 0.25) is 5.91 Å². The molecular weight excluding hydrogens is 150 g/mol. The smallest absolute Gasteiger partial charge is 0.450 e. The van der Waals surface area contributed by atoms with Crippen molar-refractivity contribution in [2.45, 2.75) is 6.92 Å². The summed E-state index contributed by atoms with van der Waals surface area (Å²) in [5, 5.41) is 7.69. The van der Waals surface area contributed by atoms with E-state index >= 15 is 0 Å². The average molecular weight is 161 g/mol. The molecule has 0 fully saturated rings. The summed E-state index contributed by atoms with van der Waals surface area (Å²) >= 11 is 0. The predicted molar refractivity (Wildman–Crippen MR) is 39.0 cm³/mol. The summed E-state index contributed by atoms with van der Waals surface area (Å²) in [6.45, 7) is 4.94. The summed E-state index contributed by atoms with van der Waals surface area (Å²) in [5.41, 5.74) is 4.53. The van der Waals surface area contributed by atoms with Crippen molar-refractivity contribution < 1.29 is 19.4 Å². The molecule has 3 N–H and O–H groups in total. The zero-order valence-corrected chi connectivity index (χ0v) is 6.24.